The second-order valence-electron chi connectivity index (χ2n) is 5.39. The molecule has 0 unspecified atom stereocenters. The molecule has 4 nitrogen and oxygen atoms in total. The maximum Gasteiger partial charge on any atom is 0.205 e. The molecule has 0 amide bonds. The molecule has 0 aliphatic heterocycles. The second-order valence-corrected chi connectivity index (χ2v) is 6.39. The summed E-state index contributed by atoms with van der Waals surface area (Å²) < 4.78 is 5.40. The highest BCUT2D eigenvalue weighted by Gasteiger charge is 2.20. The lowest BCUT2D eigenvalue weighted by Gasteiger charge is -2.04. The summed E-state index contributed by atoms with van der Waals surface area (Å²) in [4.78, 5) is 18.6. The maximum absolute atomic E-state index is 12.8. The van der Waals surface area contributed by atoms with Crippen LogP contribution in [-0.4, -0.2) is 17.4 Å². The number of carbonyl (C=O) groups is 1. The molecule has 3 rings (SSSR count). The fourth-order valence-corrected chi connectivity index (χ4v) is 3.82. The van der Waals surface area contributed by atoms with Crippen molar-refractivity contribution in [2.45, 2.75) is 20.8 Å². The van der Waals surface area contributed by atoms with Gasteiger partial charge < -0.3 is 10.5 Å². The molecule has 118 valence electrons. The van der Waals surface area contributed by atoms with Crippen molar-refractivity contribution < 1.29 is 9.53 Å². The molecule has 0 fully saturated rings. The number of carbonyl (C=O) groups excluding carboxylic acids is 1. The summed E-state index contributed by atoms with van der Waals surface area (Å²) in [6, 6.07) is 9.11. The molecule has 0 aliphatic rings. The number of hydrogen-bond donors (Lipinski definition) is 1. The van der Waals surface area contributed by atoms with Gasteiger partial charge in [0.2, 0.25) is 5.78 Å². The average Bonchev–Trinajstić information content (AvgIpc) is 2.84. The molecule has 0 saturated heterocycles. The lowest BCUT2D eigenvalue weighted by Crippen LogP contribution is -2.02. The summed E-state index contributed by atoms with van der Waals surface area (Å²) >= 11 is 1.35. The van der Waals surface area contributed by atoms with E-state index in [9.17, 15) is 4.79 Å². The van der Waals surface area contributed by atoms with E-state index >= 15 is 0 Å². The van der Waals surface area contributed by atoms with Crippen LogP contribution >= 0.6 is 11.3 Å². The van der Waals surface area contributed by atoms with Gasteiger partial charge in [-0.15, -0.1) is 11.3 Å². The van der Waals surface area contributed by atoms with E-state index in [1.54, 1.807) is 24.3 Å². The topological polar surface area (TPSA) is 65.2 Å². The number of anilines is 1. The minimum atomic E-state index is -0.0781. The Kier molecular flexibility index (Phi) is 4.05. The fraction of sp³-hybridized carbons (Fsp3) is 0.222. The Bertz CT molecular complexity index is 882. The van der Waals surface area contributed by atoms with Crippen LogP contribution in [0.3, 0.4) is 0 Å². The predicted octanol–water partition coefficient (Wildman–Crippen LogP) is 4.13. The minimum Gasteiger partial charge on any atom is -0.494 e. The van der Waals surface area contributed by atoms with Crippen LogP contribution < -0.4 is 10.5 Å². The lowest BCUT2D eigenvalue weighted by molar-refractivity contribution is 0.104. The van der Waals surface area contributed by atoms with Crippen LogP contribution in [0.25, 0.3) is 10.2 Å². The molecule has 23 heavy (non-hydrogen) atoms. The van der Waals surface area contributed by atoms with Gasteiger partial charge in [-0.1, -0.05) is 0 Å². The van der Waals surface area contributed by atoms with Gasteiger partial charge in [0, 0.05) is 16.6 Å². The van der Waals surface area contributed by atoms with Gasteiger partial charge in [0.1, 0.15) is 15.5 Å². The summed E-state index contributed by atoms with van der Waals surface area (Å²) in [6.07, 6.45) is 0. The zero-order valence-corrected chi connectivity index (χ0v) is 14.2. The second kappa shape index (κ2) is 6.01. The Hall–Kier alpha value is -2.40. The van der Waals surface area contributed by atoms with Crippen LogP contribution in [-0.2, 0) is 0 Å². The molecule has 0 atom stereocenters. The molecule has 0 saturated carbocycles. The number of hydrogen-bond acceptors (Lipinski definition) is 5. The summed E-state index contributed by atoms with van der Waals surface area (Å²) in [5.41, 5.74) is 9.33. The van der Waals surface area contributed by atoms with Gasteiger partial charge >= 0.3 is 0 Å². The average molecular weight is 326 g/mol. The largest absolute Gasteiger partial charge is 0.494 e. The van der Waals surface area contributed by atoms with Gasteiger partial charge in [0.25, 0.3) is 0 Å². The molecule has 0 aliphatic carbocycles. The summed E-state index contributed by atoms with van der Waals surface area (Å²) in [7, 11) is 0. The number of aryl methyl sites for hydroxylation is 2. The SMILES string of the molecule is CCOc1ccc(C(=O)c2sc3nc(C)cc(C)c3c2N)cc1. The van der Waals surface area contributed by atoms with Crippen molar-refractivity contribution in [3.8, 4) is 5.75 Å². The van der Waals surface area contributed by atoms with Crippen molar-refractivity contribution in [2.24, 2.45) is 0 Å². The van der Waals surface area contributed by atoms with Gasteiger partial charge in [0.05, 0.1) is 12.3 Å². The molecular weight excluding hydrogens is 308 g/mol. The first-order valence-electron chi connectivity index (χ1n) is 7.45. The number of ketones is 1. The third kappa shape index (κ3) is 2.80. The van der Waals surface area contributed by atoms with E-state index in [4.69, 9.17) is 10.5 Å². The molecule has 0 spiro atoms. The number of nitrogens with zero attached hydrogens (tertiary/aromatic N) is 1. The predicted molar refractivity (Wildman–Crippen MR) is 94.5 cm³/mol. The van der Waals surface area contributed by atoms with E-state index in [-0.39, 0.29) is 5.78 Å². The van der Waals surface area contributed by atoms with Crippen molar-refractivity contribution in [2.75, 3.05) is 12.3 Å². The molecule has 2 aromatic heterocycles. The van der Waals surface area contributed by atoms with E-state index < -0.39 is 0 Å². The molecular formula is C18H18N2O2S. The number of thiophene rings is 1. The highest BCUT2D eigenvalue weighted by atomic mass is 32.1. The van der Waals surface area contributed by atoms with Crippen molar-refractivity contribution in [3.05, 3.63) is 52.0 Å². The maximum atomic E-state index is 12.8. The Labute approximate surface area is 138 Å². The number of pyridine rings is 1. The molecule has 0 radical (unpaired) electrons. The lowest BCUT2D eigenvalue weighted by atomic mass is 10.1. The Balaban J connectivity index is 2.04. The van der Waals surface area contributed by atoms with Crippen LogP contribution in [0.1, 0.15) is 33.4 Å². The number of rotatable bonds is 4. The quantitative estimate of drug-likeness (QED) is 0.732. The number of nitrogens with two attached hydrogens (primary N) is 1. The van der Waals surface area contributed by atoms with E-state index in [2.05, 4.69) is 4.98 Å². The Morgan fingerprint density at radius 1 is 1.26 bits per heavy atom. The van der Waals surface area contributed by atoms with E-state index in [0.717, 1.165) is 27.2 Å². The summed E-state index contributed by atoms with van der Waals surface area (Å²) in [6.45, 7) is 6.46. The van der Waals surface area contributed by atoms with Crippen LogP contribution in [0, 0.1) is 13.8 Å². The number of nitrogen functional groups attached to an aromatic ring is 1. The van der Waals surface area contributed by atoms with Crippen molar-refractivity contribution in [1.82, 2.24) is 4.98 Å². The number of ether oxygens (including phenoxy) is 1. The van der Waals surface area contributed by atoms with Gasteiger partial charge in [-0.05, 0) is 56.7 Å². The Morgan fingerprint density at radius 2 is 1.96 bits per heavy atom. The van der Waals surface area contributed by atoms with Crippen LogP contribution in [0.5, 0.6) is 5.75 Å². The minimum absolute atomic E-state index is 0.0781. The summed E-state index contributed by atoms with van der Waals surface area (Å²) in [5, 5.41) is 0.884. The monoisotopic (exact) mass is 326 g/mol. The standard InChI is InChI=1S/C18H18N2O2S/c1-4-22-13-7-5-12(6-8-13)16(21)17-15(19)14-10(2)9-11(3)20-18(14)23-17/h5-9H,4,19H2,1-3H3. The van der Waals surface area contributed by atoms with Gasteiger partial charge in [-0.25, -0.2) is 4.98 Å². The van der Waals surface area contributed by atoms with Crippen molar-refractivity contribution in [1.29, 1.82) is 0 Å². The first-order chi connectivity index (χ1) is 11.0. The number of aromatic nitrogens is 1. The smallest absolute Gasteiger partial charge is 0.205 e. The van der Waals surface area contributed by atoms with Crippen LogP contribution in [0.4, 0.5) is 5.69 Å². The van der Waals surface area contributed by atoms with Crippen molar-refractivity contribution in [3.63, 3.8) is 0 Å². The molecule has 0 bridgehead atoms. The molecule has 2 N–H and O–H groups in total. The highest BCUT2D eigenvalue weighted by molar-refractivity contribution is 7.21. The first-order valence-corrected chi connectivity index (χ1v) is 8.26. The third-order valence-corrected chi connectivity index (χ3v) is 4.76. The van der Waals surface area contributed by atoms with E-state index in [1.807, 2.05) is 26.8 Å². The number of benzene rings is 1. The third-order valence-electron chi connectivity index (χ3n) is 3.66. The first kappa shape index (κ1) is 15.5. The zero-order chi connectivity index (χ0) is 16.6. The zero-order valence-electron chi connectivity index (χ0n) is 13.3. The van der Waals surface area contributed by atoms with Gasteiger partial charge in [-0.3, -0.25) is 4.79 Å². The molecule has 5 heteroatoms. The Morgan fingerprint density at radius 3 is 2.61 bits per heavy atom. The van der Waals surface area contributed by atoms with Gasteiger partial charge in [0.15, 0.2) is 0 Å². The van der Waals surface area contributed by atoms with Crippen LogP contribution in [0.15, 0.2) is 30.3 Å². The van der Waals surface area contributed by atoms with Crippen LogP contribution in [0.2, 0.25) is 0 Å². The van der Waals surface area contributed by atoms with Gasteiger partial charge in [-0.2, -0.15) is 0 Å². The van der Waals surface area contributed by atoms with E-state index in [0.29, 0.717) is 22.7 Å². The normalized spacial score (nSPS) is 10.9. The molecule has 2 heterocycles. The molecule has 1 aromatic carbocycles. The summed E-state index contributed by atoms with van der Waals surface area (Å²) in [5.74, 6) is 0.673. The number of fused-ring (bicyclic) bond motifs is 1. The molecule has 3 aromatic rings. The van der Waals surface area contributed by atoms with Crippen molar-refractivity contribution >= 4 is 33.0 Å². The fourth-order valence-electron chi connectivity index (χ4n) is 2.64. The highest BCUT2D eigenvalue weighted by Crippen LogP contribution is 2.36. The van der Waals surface area contributed by atoms with E-state index in [1.165, 1.54) is 11.3 Å².